The van der Waals surface area contributed by atoms with Crippen LogP contribution in [0.4, 0.5) is 5.82 Å². The van der Waals surface area contributed by atoms with E-state index in [2.05, 4.69) is 15.4 Å². The van der Waals surface area contributed by atoms with Crippen molar-refractivity contribution < 1.29 is 4.79 Å². The fourth-order valence-corrected chi connectivity index (χ4v) is 4.77. The van der Waals surface area contributed by atoms with Crippen LogP contribution in [0, 0.1) is 0 Å². The van der Waals surface area contributed by atoms with Crippen LogP contribution in [-0.2, 0) is 11.2 Å². The Morgan fingerprint density at radius 3 is 3.18 bits per heavy atom. The molecular formula is C10H14N4OS2. The number of amides is 1. The van der Waals surface area contributed by atoms with Crippen molar-refractivity contribution in [3.8, 4) is 0 Å². The molecule has 1 saturated heterocycles. The Bertz CT molecular complexity index is 416. The Morgan fingerprint density at radius 2 is 2.35 bits per heavy atom. The van der Waals surface area contributed by atoms with Crippen LogP contribution in [0.1, 0.15) is 12.1 Å². The Labute approximate surface area is 108 Å². The number of aryl methyl sites for hydroxylation is 1. The molecule has 2 aliphatic rings. The van der Waals surface area contributed by atoms with Crippen molar-refractivity contribution in [3.63, 3.8) is 0 Å². The molecule has 1 fully saturated rings. The number of hydrogen-bond donors (Lipinski definition) is 1. The van der Waals surface area contributed by atoms with Crippen LogP contribution in [0.5, 0.6) is 0 Å². The maximum Gasteiger partial charge on any atom is 0.242 e. The van der Waals surface area contributed by atoms with Crippen molar-refractivity contribution >= 4 is 35.2 Å². The molecule has 1 aromatic heterocycles. The standard InChI is InChI=1S/C10H14N4OS2/c15-10(8-6-16-4-5-17-8)14-3-1-2-7-9(14)12-13-11-7/h8H,1-6H2,(H,11,12,13). The van der Waals surface area contributed by atoms with Gasteiger partial charge >= 0.3 is 0 Å². The van der Waals surface area contributed by atoms with Crippen molar-refractivity contribution in [3.05, 3.63) is 5.69 Å². The Balaban J connectivity index is 1.79. The predicted octanol–water partition coefficient (Wildman–Crippen LogP) is 0.932. The third kappa shape index (κ3) is 2.18. The van der Waals surface area contributed by atoms with E-state index in [9.17, 15) is 4.79 Å². The largest absolute Gasteiger partial charge is 0.293 e. The highest BCUT2D eigenvalue weighted by molar-refractivity contribution is 8.07. The summed E-state index contributed by atoms with van der Waals surface area (Å²) >= 11 is 3.64. The second kappa shape index (κ2) is 4.89. The molecule has 1 aromatic rings. The number of carbonyl (C=O) groups is 1. The van der Waals surface area contributed by atoms with E-state index in [1.807, 2.05) is 16.7 Å². The van der Waals surface area contributed by atoms with Crippen molar-refractivity contribution in [1.82, 2.24) is 15.4 Å². The molecule has 17 heavy (non-hydrogen) atoms. The molecule has 0 aliphatic carbocycles. The van der Waals surface area contributed by atoms with E-state index < -0.39 is 0 Å². The summed E-state index contributed by atoms with van der Waals surface area (Å²) in [5.74, 6) is 4.10. The van der Waals surface area contributed by atoms with Gasteiger partial charge in [0.15, 0.2) is 5.82 Å². The number of thioether (sulfide) groups is 2. The van der Waals surface area contributed by atoms with Gasteiger partial charge in [0.2, 0.25) is 5.91 Å². The number of aromatic amines is 1. The number of hydrogen-bond acceptors (Lipinski definition) is 5. The molecule has 92 valence electrons. The van der Waals surface area contributed by atoms with Gasteiger partial charge in [0.1, 0.15) is 5.69 Å². The van der Waals surface area contributed by atoms with Crippen molar-refractivity contribution in [2.24, 2.45) is 0 Å². The highest BCUT2D eigenvalue weighted by Crippen LogP contribution is 2.29. The lowest BCUT2D eigenvalue weighted by molar-refractivity contribution is -0.117. The van der Waals surface area contributed by atoms with Crippen LogP contribution in [0.2, 0.25) is 0 Å². The summed E-state index contributed by atoms with van der Waals surface area (Å²) in [5.41, 5.74) is 0.929. The van der Waals surface area contributed by atoms with Crippen LogP contribution in [0.15, 0.2) is 0 Å². The molecule has 1 unspecified atom stereocenters. The third-order valence-electron chi connectivity index (χ3n) is 3.01. The number of anilines is 1. The molecular weight excluding hydrogens is 256 g/mol. The van der Waals surface area contributed by atoms with Gasteiger partial charge in [0.05, 0.1) is 5.25 Å². The van der Waals surface area contributed by atoms with Gasteiger partial charge in [-0.15, -0.1) is 16.9 Å². The monoisotopic (exact) mass is 270 g/mol. The average Bonchev–Trinajstić information content (AvgIpc) is 2.87. The SMILES string of the molecule is O=C(C1CSCCS1)N1CCCc2n[nH]nc21. The first kappa shape index (κ1) is 11.4. The van der Waals surface area contributed by atoms with Gasteiger partial charge < -0.3 is 0 Å². The van der Waals surface area contributed by atoms with E-state index in [1.54, 1.807) is 11.8 Å². The summed E-state index contributed by atoms with van der Waals surface area (Å²) in [4.78, 5) is 14.2. The van der Waals surface area contributed by atoms with Gasteiger partial charge in [-0.05, 0) is 12.8 Å². The smallest absolute Gasteiger partial charge is 0.242 e. The number of nitrogens with zero attached hydrogens (tertiary/aromatic N) is 3. The van der Waals surface area contributed by atoms with Crippen LogP contribution in [-0.4, -0.2) is 50.4 Å². The Morgan fingerprint density at radius 1 is 1.41 bits per heavy atom. The molecule has 1 N–H and O–H groups in total. The lowest BCUT2D eigenvalue weighted by Gasteiger charge is -2.29. The number of H-pyrrole nitrogens is 1. The van der Waals surface area contributed by atoms with Gasteiger partial charge in [0.25, 0.3) is 0 Å². The topological polar surface area (TPSA) is 61.9 Å². The van der Waals surface area contributed by atoms with Crippen molar-refractivity contribution in [1.29, 1.82) is 0 Å². The molecule has 0 spiro atoms. The van der Waals surface area contributed by atoms with E-state index in [0.717, 1.165) is 48.2 Å². The van der Waals surface area contributed by atoms with Crippen LogP contribution in [0.25, 0.3) is 0 Å². The van der Waals surface area contributed by atoms with E-state index in [0.29, 0.717) is 0 Å². The average molecular weight is 270 g/mol. The van der Waals surface area contributed by atoms with Crippen LogP contribution >= 0.6 is 23.5 Å². The highest BCUT2D eigenvalue weighted by atomic mass is 32.2. The molecule has 3 heterocycles. The molecule has 3 rings (SSSR count). The summed E-state index contributed by atoms with van der Waals surface area (Å²) in [6.45, 7) is 0.778. The highest BCUT2D eigenvalue weighted by Gasteiger charge is 2.32. The molecule has 1 atom stereocenters. The summed E-state index contributed by atoms with van der Waals surface area (Å²) < 4.78 is 0. The maximum absolute atomic E-state index is 12.4. The number of fused-ring (bicyclic) bond motifs is 1. The summed E-state index contributed by atoms with van der Waals surface area (Å²) in [6.07, 6.45) is 1.90. The minimum Gasteiger partial charge on any atom is -0.293 e. The summed E-state index contributed by atoms with van der Waals surface area (Å²) in [5, 5.41) is 10.9. The molecule has 0 saturated carbocycles. The maximum atomic E-state index is 12.4. The van der Waals surface area contributed by atoms with Crippen molar-refractivity contribution in [2.75, 3.05) is 28.7 Å². The van der Waals surface area contributed by atoms with Crippen LogP contribution in [0.3, 0.4) is 0 Å². The fourth-order valence-electron chi connectivity index (χ4n) is 2.16. The van der Waals surface area contributed by atoms with E-state index in [-0.39, 0.29) is 11.2 Å². The van der Waals surface area contributed by atoms with Crippen molar-refractivity contribution in [2.45, 2.75) is 18.1 Å². The Hall–Kier alpha value is -0.690. The quantitative estimate of drug-likeness (QED) is 0.822. The first-order chi connectivity index (χ1) is 8.36. The second-order valence-corrected chi connectivity index (χ2v) is 6.58. The van der Waals surface area contributed by atoms with Gasteiger partial charge in [-0.2, -0.15) is 22.1 Å². The Kier molecular flexibility index (Phi) is 3.28. The van der Waals surface area contributed by atoms with Gasteiger partial charge in [-0.25, -0.2) is 0 Å². The van der Waals surface area contributed by atoms with Crippen LogP contribution < -0.4 is 4.90 Å². The van der Waals surface area contributed by atoms with Gasteiger partial charge in [0, 0.05) is 23.8 Å². The van der Waals surface area contributed by atoms with E-state index >= 15 is 0 Å². The molecule has 0 aromatic carbocycles. The number of carbonyl (C=O) groups excluding carboxylic acids is 1. The molecule has 5 nitrogen and oxygen atoms in total. The molecule has 0 bridgehead atoms. The third-order valence-corrected chi connectivity index (χ3v) is 5.75. The zero-order valence-electron chi connectivity index (χ0n) is 9.39. The zero-order chi connectivity index (χ0) is 11.7. The number of aromatic nitrogens is 3. The lowest BCUT2D eigenvalue weighted by atomic mass is 10.1. The number of nitrogens with one attached hydrogen (secondary N) is 1. The molecule has 1 amide bonds. The van der Waals surface area contributed by atoms with E-state index in [1.165, 1.54) is 0 Å². The first-order valence-corrected chi connectivity index (χ1v) is 7.97. The zero-order valence-corrected chi connectivity index (χ0v) is 11.0. The minimum atomic E-state index is 0.0939. The van der Waals surface area contributed by atoms with Gasteiger partial charge in [-0.3, -0.25) is 9.69 Å². The molecule has 2 aliphatic heterocycles. The molecule has 7 heteroatoms. The fraction of sp³-hybridized carbons (Fsp3) is 0.700. The van der Waals surface area contributed by atoms with E-state index in [4.69, 9.17) is 0 Å². The predicted molar refractivity (Wildman–Crippen MR) is 70.6 cm³/mol. The number of rotatable bonds is 1. The second-order valence-electron chi connectivity index (χ2n) is 4.12. The molecule has 0 radical (unpaired) electrons. The van der Waals surface area contributed by atoms with Gasteiger partial charge in [-0.1, -0.05) is 0 Å². The first-order valence-electron chi connectivity index (χ1n) is 5.76. The minimum absolute atomic E-state index is 0.0939. The lowest BCUT2D eigenvalue weighted by Crippen LogP contribution is -2.43. The summed E-state index contributed by atoms with van der Waals surface area (Å²) in [7, 11) is 0. The normalized spacial score (nSPS) is 24.5. The summed E-state index contributed by atoms with van der Waals surface area (Å²) in [6, 6.07) is 0.